The van der Waals surface area contributed by atoms with Gasteiger partial charge in [-0.05, 0) is 0 Å². The number of hydrogen-bond donors (Lipinski definition) is 1. The number of nitriles is 1. The maximum Gasteiger partial charge on any atom is 0.412 e. The Balaban J connectivity index is 2.66. The highest BCUT2D eigenvalue weighted by Gasteiger charge is 2.07. The van der Waals surface area contributed by atoms with Crippen LogP contribution in [-0.4, -0.2) is 26.9 Å². The van der Waals surface area contributed by atoms with E-state index in [0.717, 1.165) is 0 Å². The van der Waals surface area contributed by atoms with Gasteiger partial charge in [0.1, 0.15) is 17.2 Å². The van der Waals surface area contributed by atoms with Crippen LogP contribution in [0.3, 0.4) is 0 Å². The molecule has 0 fully saturated rings. The van der Waals surface area contributed by atoms with Gasteiger partial charge in [0.25, 0.3) is 0 Å². The van der Waals surface area contributed by atoms with Gasteiger partial charge < -0.3 is 19.5 Å². The molecule has 1 rings (SSSR count). The van der Waals surface area contributed by atoms with Crippen molar-refractivity contribution in [3.8, 4) is 23.3 Å². The summed E-state index contributed by atoms with van der Waals surface area (Å²) in [5.41, 5.74) is 0. The summed E-state index contributed by atoms with van der Waals surface area (Å²) in [6, 6.07) is 6.70. The normalized spacial score (nSPS) is 9.17. The van der Waals surface area contributed by atoms with Crippen LogP contribution in [0, 0.1) is 11.3 Å². The van der Waals surface area contributed by atoms with Crippen molar-refractivity contribution in [1.82, 2.24) is 5.32 Å². The van der Waals surface area contributed by atoms with E-state index >= 15 is 0 Å². The maximum absolute atomic E-state index is 11.4. The molecule has 0 unspecified atom stereocenters. The molecular formula is C12H14N2O4. The molecule has 0 atom stereocenters. The minimum absolute atomic E-state index is 0.233. The molecule has 6 heteroatoms. The molecule has 0 aliphatic carbocycles. The number of rotatable bonds is 5. The lowest BCUT2D eigenvalue weighted by molar-refractivity contribution is 0.200. The Morgan fingerprint density at radius 1 is 1.22 bits per heavy atom. The fourth-order valence-corrected chi connectivity index (χ4v) is 1.20. The van der Waals surface area contributed by atoms with Crippen LogP contribution in [-0.2, 0) is 0 Å². The lowest BCUT2D eigenvalue weighted by atomic mass is 10.3. The summed E-state index contributed by atoms with van der Waals surface area (Å²) in [5, 5.41) is 10.8. The van der Waals surface area contributed by atoms with E-state index in [1.807, 2.05) is 6.07 Å². The van der Waals surface area contributed by atoms with Crippen LogP contribution in [0.15, 0.2) is 18.2 Å². The Bertz CT molecular complexity index is 432. The molecule has 96 valence electrons. The summed E-state index contributed by atoms with van der Waals surface area (Å²) in [5.74, 6) is 1.35. The van der Waals surface area contributed by atoms with Gasteiger partial charge in [0.05, 0.1) is 26.7 Å². The van der Waals surface area contributed by atoms with Gasteiger partial charge in [-0.25, -0.2) is 4.79 Å². The molecule has 0 heterocycles. The second-order valence-corrected chi connectivity index (χ2v) is 3.27. The zero-order valence-electron chi connectivity index (χ0n) is 10.2. The van der Waals surface area contributed by atoms with E-state index in [4.69, 9.17) is 19.5 Å². The zero-order chi connectivity index (χ0) is 13.4. The maximum atomic E-state index is 11.4. The van der Waals surface area contributed by atoms with E-state index in [0.29, 0.717) is 17.2 Å². The summed E-state index contributed by atoms with van der Waals surface area (Å²) in [4.78, 5) is 11.4. The molecule has 0 saturated carbocycles. The second-order valence-electron chi connectivity index (χ2n) is 3.27. The summed E-state index contributed by atoms with van der Waals surface area (Å²) in [6.45, 7) is 0.246. The van der Waals surface area contributed by atoms with Crippen LogP contribution in [0.4, 0.5) is 4.79 Å². The largest absolute Gasteiger partial charge is 0.496 e. The number of methoxy groups -OCH3 is 2. The number of carbonyl (C=O) groups is 1. The molecule has 1 aromatic carbocycles. The van der Waals surface area contributed by atoms with Gasteiger partial charge in [0, 0.05) is 24.7 Å². The van der Waals surface area contributed by atoms with Gasteiger partial charge in [-0.1, -0.05) is 0 Å². The van der Waals surface area contributed by atoms with E-state index in [1.165, 1.54) is 14.2 Å². The van der Waals surface area contributed by atoms with E-state index in [2.05, 4.69) is 5.32 Å². The van der Waals surface area contributed by atoms with Gasteiger partial charge in [0.15, 0.2) is 0 Å². The molecule has 18 heavy (non-hydrogen) atoms. The first-order chi connectivity index (χ1) is 8.69. The van der Waals surface area contributed by atoms with Crippen molar-refractivity contribution in [3.63, 3.8) is 0 Å². The number of amides is 1. The number of nitrogens with zero attached hydrogens (tertiary/aromatic N) is 1. The van der Waals surface area contributed by atoms with Crippen molar-refractivity contribution >= 4 is 6.09 Å². The Labute approximate surface area is 105 Å². The Morgan fingerprint density at radius 3 is 2.28 bits per heavy atom. The predicted molar refractivity (Wildman–Crippen MR) is 63.8 cm³/mol. The molecular weight excluding hydrogens is 236 g/mol. The fraction of sp³-hybridized carbons (Fsp3) is 0.333. The van der Waals surface area contributed by atoms with Crippen molar-refractivity contribution in [2.45, 2.75) is 6.42 Å². The second kappa shape index (κ2) is 7.01. The molecule has 0 radical (unpaired) electrons. The first kappa shape index (κ1) is 13.6. The number of carbonyl (C=O) groups excluding carboxylic acids is 1. The molecule has 0 aliphatic heterocycles. The number of hydrogen-bond acceptors (Lipinski definition) is 5. The predicted octanol–water partition coefficient (Wildman–Crippen LogP) is 1.71. The first-order valence-electron chi connectivity index (χ1n) is 5.25. The molecule has 6 nitrogen and oxygen atoms in total. The van der Waals surface area contributed by atoms with Gasteiger partial charge in [-0.2, -0.15) is 5.26 Å². The van der Waals surface area contributed by atoms with Crippen LogP contribution in [0.5, 0.6) is 17.2 Å². The average molecular weight is 250 g/mol. The SMILES string of the molecule is COc1cc(OC)cc(OC(=O)NCCC#N)c1. The van der Waals surface area contributed by atoms with Crippen LogP contribution >= 0.6 is 0 Å². The molecule has 1 amide bonds. The van der Waals surface area contributed by atoms with Crippen molar-refractivity contribution in [2.75, 3.05) is 20.8 Å². The summed E-state index contributed by atoms with van der Waals surface area (Å²) >= 11 is 0. The molecule has 0 aliphatic rings. The Morgan fingerprint density at radius 2 is 1.78 bits per heavy atom. The van der Waals surface area contributed by atoms with Crippen molar-refractivity contribution in [2.24, 2.45) is 0 Å². The van der Waals surface area contributed by atoms with Gasteiger partial charge >= 0.3 is 6.09 Å². The minimum atomic E-state index is -0.624. The van der Waals surface area contributed by atoms with Crippen molar-refractivity contribution in [3.05, 3.63) is 18.2 Å². The molecule has 0 spiro atoms. The topological polar surface area (TPSA) is 80.6 Å². The summed E-state index contributed by atoms with van der Waals surface area (Å²) in [7, 11) is 3.01. The van der Waals surface area contributed by atoms with Crippen LogP contribution in [0.25, 0.3) is 0 Å². The Hall–Kier alpha value is -2.42. The molecule has 0 aromatic heterocycles. The zero-order valence-corrected chi connectivity index (χ0v) is 10.2. The minimum Gasteiger partial charge on any atom is -0.496 e. The third-order valence-electron chi connectivity index (χ3n) is 2.04. The quantitative estimate of drug-likeness (QED) is 0.804. The standard InChI is InChI=1S/C12H14N2O4/c1-16-9-6-10(17-2)8-11(7-9)18-12(15)14-5-3-4-13/h6-8H,3,5H2,1-2H3,(H,14,15). The fourth-order valence-electron chi connectivity index (χ4n) is 1.20. The summed E-state index contributed by atoms with van der Waals surface area (Å²) < 4.78 is 15.1. The molecule has 1 aromatic rings. The highest BCUT2D eigenvalue weighted by atomic mass is 16.6. The van der Waals surface area contributed by atoms with Gasteiger partial charge in [0.2, 0.25) is 0 Å². The number of nitrogens with one attached hydrogen (secondary N) is 1. The Kier molecular flexibility index (Phi) is 5.32. The molecule has 1 N–H and O–H groups in total. The third kappa shape index (κ3) is 4.22. The average Bonchev–Trinajstić information content (AvgIpc) is 2.38. The third-order valence-corrected chi connectivity index (χ3v) is 2.04. The van der Waals surface area contributed by atoms with E-state index in [-0.39, 0.29) is 13.0 Å². The van der Waals surface area contributed by atoms with E-state index < -0.39 is 6.09 Å². The van der Waals surface area contributed by atoms with Crippen LogP contribution in [0.2, 0.25) is 0 Å². The smallest absolute Gasteiger partial charge is 0.412 e. The number of ether oxygens (including phenoxy) is 3. The highest BCUT2D eigenvalue weighted by Crippen LogP contribution is 2.27. The lowest BCUT2D eigenvalue weighted by Crippen LogP contribution is -2.27. The highest BCUT2D eigenvalue weighted by molar-refractivity contribution is 5.70. The van der Waals surface area contributed by atoms with Crippen LogP contribution < -0.4 is 19.5 Å². The summed E-state index contributed by atoms with van der Waals surface area (Å²) in [6.07, 6.45) is -0.392. The molecule has 0 saturated heterocycles. The van der Waals surface area contributed by atoms with Gasteiger partial charge in [-0.3, -0.25) is 0 Å². The first-order valence-corrected chi connectivity index (χ1v) is 5.25. The van der Waals surface area contributed by atoms with E-state index in [9.17, 15) is 4.79 Å². The van der Waals surface area contributed by atoms with Crippen molar-refractivity contribution < 1.29 is 19.0 Å². The molecule has 0 bridgehead atoms. The monoisotopic (exact) mass is 250 g/mol. The van der Waals surface area contributed by atoms with Gasteiger partial charge in [-0.15, -0.1) is 0 Å². The van der Waals surface area contributed by atoms with Crippen LogP contribution in [0.1, 0.15) is 6.42 Å². The van der Waals surface area contributed by atoms with E-state index in [1.54, 1.807) is 18.2 Å². The lowest BCUT2D eigenvalue weighted by Gasteiger charge is -2.09. The van der Waals surface area contributed by atoms with Crippen molar-refractivity contribution in [1.29, 1.82) is 5.26 Å². The number of benzene rings is 1.